The van der Waals surface area contributed by atoms with Crippen molar-refractivity contribution in [1.82, 2.24) is 24.8 Å². The SMILES string of the molecule is C#Cc1c(F)ccc2cc(O)cc(-c3ncc4c(N5CCOC[C@@H](N(C)C(=O)C=C)C5)nc(OCC5(CN6CCOCC6)CC5)nc4c3F)c12. The summed E-state index contributed by atoms with van der Waals surface area (Å²) in [6.07, 6.45) is 10.4. The molecule has 1 amide bonds. The smallest absolute Gasteiger partial charge is 0.319 e. The van der Waals surface area contributed by atoms with E-state index in [2.05, 4.69) is 27.4 Å². The van der Waals surface area contributed by atoms with E-state index in [0.29, 0.717) is 62.7 Å². The first-order valence-electron chi connectivity index (χ1n) is 16.6. The number of aromatic nitrogens is 3. The van der Waals surface area contributed by atoms with E-state index in [1.54, 1.807) is 11.9 Å². The average Bonchev–Trinajstić information content (AvgIpc) is 3.94. The van der Waals surface area contributed by atoms with E-state index >= 15 is 4.39 Å². The van der Waals surface area contributed by atoms with Crippen LogP contribution >= 0.6 is 0 Å². The third kappa shape index (κ3) is 6.54. The Hall–Kier alpha value is -4.90. The van der Waals surface area contributed by atoms with Gasteiger partial charge in [0.05, 0.1) is 50.0 Å². The molecule has 3 aliphatic rings. The number of pyridine rings is 1. The fourth-order valence-electron chi connectivity index (χ4n) is 6.79. The minimum atomic E-state index is -0.814. The molecule has 2 saturated heterocycles. The van der Waals surface area contributed by atoms with E-state index < -0.39 is 11.6 Å². The number of anilines is 1. The maximum atomic E-state index is 16.9. The van der Waals surface area contributed by atoms with Crippen LogP contribution < -0.4 is 9.64 Å². The van der Waals surface area contributed by atoms with Crippen molar-refractivity contribution < 1.29 is 32.9 Å². The molecule has 2 aromatic carbocycles. The van der Waals surface area contributed by atoms with Crippen LogP contribution in [0.2, 0.25) is 0 Å². The quantitative estimate of drug-likeness (QED) is 0.204. The molecule has 0 bridgehead atoms. The lowest BCUT2D eigenvalue weighted by molar-refractivity contribution is -0.127. The Morgan fingerprint density at radius 2 is 1.98 bits per heavy atom. The number of aromatic hydroxyl groups is 1. The summed E-state index contributed by atoms with van der Waals surface area (Å²) in [5, 5.41) is 11.6. The number of amides is 1. The van der Waals surface area contributed by atoms with Crippen molar-refractivity contribution in [2.75, 3.05) is 77.7 Å². The zero-order valence-corrected chi connectivity index (χ0v) is 27.8. The normalized spacial score (nSPS) is 19.2. The average molecular weight is 685 g/mol. The highest BCUT2D eigenvalue weighted by Crippen LogP contribution is 2.47. The lowest BCUT2D eigenvalue weighted by atomic mass is 9.96. The van der Waals surface area contributed by atoms with E-state index in [-0.39, 0.29) is 56.8 Å². The number of phenolic OH excluding ortho intramolecular Hbond substituents is 1. The third-order valence-corrected chi connectivity index (χ3v) is 9.84. The molecule has 2 aromatic heterocycles. The van der Waals surface area contributed by atoms with Crippen LogP contribution in [0.15, 0.2) is 43.1 Å². The van der Waals surface area contributed by atoms with E-state index in [9.17, 15) is 14.3 Å². The van der Waals surface area contributed by atoms with Gasteiger partial charge in [-0.3, -0.25) is 14.7 Å². The molecule has 1 saturated carbocycles. The Bertz CT molecular complexity index is 2010. The topological polar surface area (TPSA) is 113 Å². The van der Waals surface area contributed by atoms with E-state index in [1.165, 1.54) is 36.5 Å². The molecule has 3 fully saturated rings. The number of phenols is 1. The summed E-state index contributed by atoms with van der Waals surface area (Å²) in [6, 6.07) is 5.05. The van der Waals surface area contributed by atoms with Gasteiger partial charge in [-0.05, 0) is 42.5 Å². The first kappa shape index (κ1) is 33.6. The molecule has 13 heteroatoms. The van der Waals surface area contributed by atoms with Crippen molar-refractivity contribution >= 4 is 33.4 Å². The highest BCUT2D eigenvalue weighted by Gasteiger charge is 2.45. The number of likely N-dealkylation sites (N-methyl/N-ethyl adjacent to an activating group) is 1. The Morgan fingerprint density at radius 3 is 2.72 bits per heavy atom. The molecule has 260 valence electrons. The van der Waals surface area contributed by atoms with Crippen LogP contribution in [-0.4, -0.2) is 115 Å². The highest BCUT2D eigenvalue weighted by atomic mass is 19.1. The van der Waals surface area contributed by atoms with Gasteiger partial charge in [-0.1, -0.05) is 18.6 Å². The van der Waals surface area contributed by atoms with Gasteiger partial charge >= 0.3 is 6.01 Å². The van der Waals surface area contributed by atoms with Gasteiger partial charge in [0, 0.05) is 62.3 Å². The zero-order valence-electron chi connectivity index (χ0n) is 27.8. The largest absolute Gasteiger partial charge is 0.508 e. The number of terminal acetylenes is 1. The first-order valence-corrected chi connectivity index (χ1v) is 16.6. The number of fused-ring (bicyclic) bond motifs is 2. The molecule has 50 heavy (non-hydrogen) atoms. The molecular weight excluding hydrogens is 646 g/mol. The number of carbonyl (C=O) groups excluding carboxylic acids is 1. The van der Waals surface area contributed by atoms with Crippen molar-refractivity contribution in [2.24, 2.45) is 5.41 Å². The molecule has 1 N–H and O–H groups in total. The minimum absolute atomic E-state index is 0.00911. The first-order chi connectivity index (χ1) is 24.2. The van der Waals surface area contributed by atoms with Crippen molar-refractivity contribution in [3.63, 3.8) is 0 Å². The summed E-state index contributed by atoms with van der Waals surface area (Å²) in [5.41, 5.74) is -0.265. The number of hydrogen-bond acceptors (Lipinski definition) is 10. The van der Waals surface area contributed by atoms with Crippen molar-refractivity contribution in [1.29, 1.82) is 0 Å². The Balaban J connectivity index is 1.33. The molecule has 1 atom stereocenters. The van der Waals surface area contributed by atoms with Gasteiger partial charge < -0.3 is 29.1 Å². The lowest BCUT2D eigenvalue weighted by Gasteiger charge is -2.31. The fourth-order valence-corrected chi connectivity index (χ4v) is 6.79. The highest BCUT2D eigenvalue weighted by molar-refractivity contribution is 6.03. The standard InChI is InChI=1S/C37H38F2N6O5/c1-4-26-29(38)7-6-23-16-25(46)17-27(31(23)26)33-32(39)34-28(18-40-33)35(45-12-15-49-20-24(19-45)43(3)30(47)5-2)42-36(41-34)50-22-37(8-9-37)21-44-10-13-48-14-11-44/h1,5-7,16-18,24,46H,2,8-15,19-22H2,3H3/t24-/m0/s1. The van der Waals surface area contributed by atoms with E-state index in [4.69, 9.17) is 25.6 Å². The number of rotatable bonds is 9. The monoisotopic (exact) mass is 684 g/mol. The van der Waals surface area contributed by atoms with E-state index in [0.717, 1.165) is 32.5 Å². The van der Waals surface area contributed by atoms with Crippen LogP contribution in [0.1, 0.15) is 18.4 Å². The van der Waals surface area contributed by atoms with Crippen molar-refractivity contribution in [3.8, 4) is 35.4 Å². The maximum Gasteiger partial charge on any atom is 0.319 e. The van der Waals surface area contributed by atoms with Crippen LogP contribution in [0.25, 0.3) is 32.9 Å². The Labute approximate surface area is 288 Å². The van der Waals surface area contributed by atoms with Gasteiger partial charge in [0.15, 0.2) is 5.82 Å². The summed E-state index contributed by atoms with van der Waals surface area (Å²) < 4.78 is 49.5. The molecule has 7 rings (SSSR count). The number of benzene rings is 2. The van der Waals surface area contributed by atoms with Gasteiger partial charge in [-0.15, -0.1) is 6.42 Å². The maximum absolute atomic E-state index is 16.9. The van der Waals surface area contributed by atoms with Gasteiger partial charge in [0.1, 0.15) is 28.6 Å². The number of morpholine rings is 1. The molecule has 0 spiro atoms. The predicted molar refractivity (Wildman–Crippen MR) is 184 cm³/mol. The van der Waals surface area contributed by atoms with Crippen LogP contribution in [0.4, 0.5) is 14.6 Å². The molecule has 1 aliphatic carbocycles. The molecule has 0 radical (unpaired) electrons. The van der Waals surface area contributed by atoms with Crippen LogP contribution in [0, 0.1) is 29.4 Å². The number of nitrogens with zero attached hydrogens (tertiary/aromatic N) is 6. The number of ether oxygens (including phenoxy) is 3. The van der Waals surface area contributed by atoms with Crippen molar-refractivity contribution in [3.05, 3.63) is 60.3 Å². The Morgan fingerprint density at radius 1 is 1.20 bits per heavy atom. The molecular formula is C37H38F2N6O5. The summed E-state index contributed by atoms with van der Waals surface area (Å²) in [5.74, 6) is 0.840. The Kier molecular flexibility index (Phi) is 9.26. The molecule has 4 aromatic rings. The van der Waals surface area contributed by atoms with Gasteiger partial charge in [-0.25, -0.2) is 8.78 Å². The van der Waals surface area contributed by atoms with Gasteiger partial charge in [0.25, 0.3) is 0 Å². The number of carbonyl (C=O) groups is 1. The van der Waals surface area contributed by atoms with Crippen LogP contribution in [-0.2, 0) is 14.3 Å². The van der Waals surface area contributed by atoms with Gasteiger partial charge in [-0.2, -0.15) is 9.97 Å². The molecule has 4 heterocycles. The number of hydrogen-bond donors (Lipinski definition) is 1. The van der Waals surface area contributed by atoms with Crippen LogP contribution in [0.3, 0.4) is 0 Å². The lowest BCUT2D eigenvalue weighted by Crippen LogP contribution is -2.45. The predicted octanol–water partition coefficient (Wildman–Crippen LogP) is 4.15. The summed E-state index contributed by atoms with van der Waals surface area (Å²) in [6.45, 7) is 9.26. The summed E-state index contributed by atoms with van der Waals surface area (Å²) >= 11 is 0. The molecule has 2 aliphatic heterocycles. The van der Waals surface area contributed by atoms with E-state index in [1.807, 2.05) is 4.90 Å². The third-order valence-electron chi connectivity index (χ3n) is 9.84. The molecule has 11 nitrogen and oxygen atoms in total. The second kappa shape index (κ2) is 13.8. The fraction of sp³-hybridized carbons (Fsp3) is 0.405. The second-order valence-corrected chi connectivity index (χ2v) is 13.2. The van der Waals surface area contributed by atoms with Crippen LogP contribution in [0.5, 0.6) is 11.8 Å². The minimum Gasteiger partial charge on any atom is -0.508 e. The van der Waals surface area contributed by atoms with Gasteiger partial charge in [0.2, 0.25) is 5.91 Å². The van der Waals surface area contributed by atoms with Crippen molar-refractivity contribution in [2.45, 2.75) is 18.9 Å². The summed E-state index contributed by atoms with van der Waals surface area (Å²) in [4.78, 5) is 32.2. The summed E-state index contributed by atoms with van der Waals surface area (Å²) in [7, 11) is 1.68. The molecule has 0 unspecified atom stereocenters. The second-order valence-electron chi connectivity index (χ2n) is 13.2. The number of halogens is 2. The zero-order chi connectivity index (χ0) is 35.0.